The number of rotatable bonds is 4. The minimum atomic E-state index is -3.22. The van der Waals surface area contributed by atoms with Gasteiger partial charge in [-0.05, 0) is 31.2 Å². The van der Waals surface area contributed by atoms with Crippen molar-refractivity contribution in [1.82, 2.24) is 14.6 Å². The highest BCUT2D eigenvalue weighted by molar-refractivity contribution is 7.88. The van der Waals surface area contributed by atoms with Crippen molar-refractivity contribution in [1.29, 1.82) is 0 Å². The van der Waals surface area contributed by atoms with Gasteiger partial charge in [0.05, 0.1) is 11.1 Å². The molecule has 24 heavy (non-hydrogen) atoms. The van der Waals surface area contributed by atoms with E-state index in [1.807, 2.05) is 17.5 Å². The normalized spacial score (nSPS) is 16.5. The number of aryl methyl sites for hydroxylation is 1. The van der Waals surface area contributed by atoms with Crippen molar-refractivity contribution in [2.45, 2.75) is 25.8 Å². The fraction of sp³-hybridized carbons (Fsp3) is 0.467. The molecule has 0 saturated carbocycles. The second-order valence-electron chi connectivity index (χ2n) is 5.86. The Morgan fingerprint density at radius 3 is 2.71 bits per heavy atom. The summed E-state index contributed by atoms with van der Waals surface area (Å²) < 4.78 is 30.8. The summed E-state index contributed by atoms with van der Waals surface area (Å²) in [6, 6.07) is 3.68. The first-order chi connectivity index (χ1) is 11.3. The SMILES string of the molecule is Cc1oc(-c2cccs2)nc1C(=O)N1CCC(NS(C)(=O)=O)CC1. The van der Waals surface area contributed by atoms with Crippen molar-refractivity contribution >= 4 is 27.3 Å². The molecule has 1 amide bonds. The van der Waals surface area contributed by atoms with Gasteiger partial charge >= 0.3 is 0 Å². The maximum atomic E-state index is 12.7. The van der Waals surface area contributed by atoms with Gasteiger partial charge in [-0.25, -0.2) is 18.1 Å². The van der Waals surface area contributed by atoms with Crippen LogP contribution in [0.15, 0.2) is 21.9 Å². The molecule has 0 unspecified atom stereocenters. The van der Waals surface area contributed by atoms with Gasteiger partial charge in [-0.3, -0.25) is 4.79 Å². The van der Waals surface area contributed by atoms with E-state index in [1.54, 1.807) is 11.8 Å². The highest BCUT2D eigenvalue weighted by Crippen LogP contribution is 2.27. The lowest BCUT2D eigenvalue weighted by molar-refractivity contribution is 0.0704. The molecule has 3 heterocycles. The molecule has 0 aromatic carbocycles. The first-order valence-corrected chi connectivity index (χ1v) is 10.4. The molecule has 0 aliphatic carbocycles. The van der Waals surface area contributed by atoms with Crippen LogP contribution in [0.3, 0.4) is 0 Å². The Morgan fingerprint density at radius 1 is 1.42 bits per heavy atom. The number of carbonyl (C=O) groups excluding carboxylic acids is 1. The molecule has 0 bridgehead atoms. The van der Waals surface area contributed by atoms with E-state index in [0.29, 0.717) is 43.3 Å². The number of carbonyl (C=O) groups is 1. The average Bonchev–Trinajstić information content (AvgIpc) is 3.15. The lowest BCUT2D eigenvalue weighted by atomic mass is 10.1. The Labute approximate surface area is 144 Å². The summed E-state index contributed by atoms with van der Waals surface area (Å²) in [5, 5.41) is 1.93. The lowest BCUT2D eigenvalue weighted by Gasteiger charge is -2.31. The highest BCUT2D eigenvalue weighted by atomic mass is 32.2. The quantitative estimate of drug-likeness (QED) is 0.888. The topological polar surface area (TPSA) is 92.5 Å². The summed E-state index contributed by atoms with van der Waals surface area (Å²) in [4.78, 5) is 19.6. The van der Waals surface area contributed by atoms with Crippen LogP contribution in [0.5, 0.6) is 0 Å². The minimum absolute atomic E-state index is 0.121. The van der Waals surface area contributed by atoms with Gasteiger partial charge in [0.2, 0.25) is 15.9 Å². The average molecular weight is 369 g/mol. The number of thiophene rings is 1. The van der Waals surface area contributed by atoms with E-state index in [9.17, 15) is 13.2 Å². The lowest BCUT2D eigenvalue weighted by Crippen LogP contribution is -2.46. The molecular formula is C15H19N3O4S2. The Balaban J connectivity index is 1.68. The van der Waals surface area contributed by atoms with Crippen LogP contribution in [0.2, 0.25) is 0 Å². The molecule has 3 rings (SSSR count). The van der Waals surface area contributed by atoms with E-state index in [2.05, 4.69) is 9.71 Å². The number of nitrogens with zero attached hydrogens (tertiary/aromatic N) is 2. The van der Waals surface area contributed by atoms with E-state index in [1.165, 1.54) is 11.3 Å². The van der Waals surface area contributed by atoms with Gasteiger partial charge in [-0.2, -0.15) is 0 Å². The Morgan fingerprint density at radius 2 is 2.12 bits per heavy atom. The van der Waals surface area contributed by atoms with Crippen molar-refractivity contribution in [3.8, 4) is 10.8 Å². The summed E-state index contributed by atoms with van der Waals surface area (Å²) in [6.45, 7) is 2.72. The molecule has 7 nitrogen and oxygen atoms in total. The van der Waals surface area contributed by atoms with Crippen molar-refractivity contribution in [2.75, 3.05) is 19.3 Å². The van der Waals surface area contributed by atoms with Crippen LogP contribution in [-0.4, -0.2) is 49.6 Å². The van der Waals surface area contributed by atoms with Crippen LogP contribution in [0.1, 0.15) is 29.1 Å². The number of piperidine rings is 1. The number of likely N-dealkylation sites (tertiary alicyclic amines) is 1. The first-order valence-electron chi connectivity index (χ1n) is 7.61. The second kappa shape index (κ2) is 6.66. The fourth-order valence-electron chi connectivity index (χ4n) is 2.75. The van der Waals surface area contributed by atoms with E-state index in [-0.39, 0.29) is 11.9 Å². The van der Waals surface area contributed by atoms with Gasteiger partial charge in [0.25, 0.3) is 5.91 Å². The second-order valence-corrected chi connectivity index (χ2v) is 8.59. The third kappa shape index (κ3) is 3.85. The summed E-state index contributed by atoms with van der Waals surface area (Å²) in [5.41, 5.74) is 0.327. The molecule has 1 N–H and O–H groups in total. The molecule has 0 spiro atoms. The monoisotopic (exact) mass is 369 g/mol. The van der Waals surface area contributed by atoms with Gasteiger partial charge in [0.15, 0.2) is 5.69 Å². The largest absolute Gasteiger partial charge is 0.440 e. The zero-order valence-corrected chi connectivity index (χ0v) is 15.1. The van der Waals surface area contributed by atoms with E-state index in [0.717, 1.165) is 11.1 Å². The predicted molar refractivity (Wildman–Crippen MR) is 91.5 cm³/mol. The van der Waals surface area contributed by atoms with Crippen LogP contribution < -0.4 is 4.72 Å². The van der Waals surface area contributed by atoms with Gasteiger partial charge in [-0.1, -0.05) is 6.07 Å². The van der Waals surface area contributed by atoms with Gasteiger partial charge in [-0.15, -0.1) is 11.3 Å². The molecular weight excluding hydrogens is 350 g/mol. The summed E-state index contributed by atoms with van der Waals surface area (Å²) in [5.74, 6) is 0.788. The zero-order valence-electron chi connectivity index (χ0n) is 13.5. The van der Waals surface area contributed by atoms with Crippen molar-refractivity contribution in [3.63, 3.8) is 0 Å². The number of amides is 1. The van der Waals surface area contributed by atoms with E-state index >= 15 is 0 Å². The van der Waals surface area contributed by atoms with Crippen molar-refractivity contribution in [3.05, 3.63) is 29.0 Å². The van der Waals surface area contributed by atoms with E-state index in [4.69, 9.17) is 4.42 Å². The van der Waals surface area contributed by atoms with Crippen LogP contribution in [0.25, 0.3) is 10.8 Å². The van der Waals surface area contributed by atoms with E-state index < -0.39 is 10.0 Å². The molecule has 9 heteroatoms. The smallest absolute Gasteiger partial charge is 0.276 e. The molecule has 0 atom stereocenters. The number of nitrogens with one attached hydrogen (secondary N) is 1. The van der Waals surface area contributed by atoms with Crippen molar-refractivity contribution in [2.24, 2.45) is 0 Å². The fourth-order valence-corrected chi connectivity index (χ4v) is 4.24. The van der Waals surface area contributed by atoms with Crippen LogP contribution in [0.4, 0.5) is 0 Å². The Hall–Kier alpha value is -1.71. The van der Waals surface area contributed by atoms with Crippen molar-refractivity contribution < 1.29 is 17.6 Å². The number of aromatic nitrogens is 1. The molecule has 130 valence electrons. The first kappa shape index (κ1) is 17.1. The molecule has 1 saturated heterocycles. The van der Waals surface area contributed by atoms with Gasteiger partial charge in [0.1, 0.15) is 5.76 Å². The molecule has 2 aromatic heterocycles. The van der Waals surface area contributed by atoms with Crippen LogP contribution in [0, 0.1) is 6.92 Å². The Bertz CT molecular complexity index is 819. The highest BCUT2D eigenvalue weighted by Gasteiger charge is 2.28. The number of hydrogen-bond acceptors (Lipinski definition) is 6. The third-order valence-electron chi connectivity index (χ3n) is 3.89. The molecule has 1 aliphatic rings. The zero-order chi connectivity index (χ0) is 17.3. The van der Waals surface area contributed by atoms with Crippen LogP contribution >= 0.6 is 11.3 Å². The molecule has 2 aromatic rings. The number of oxazole rings is 1. The molecule has 0 radical (unpaired) electrons. The Kier molecular flexibility index (Phi) is 4.75. The maximum Gasteiger partial charge on any atom is 0.276 e. The third-order valence-corrected chi connectivity index (χ3v) is 5.51. The summed E-state index contributed by atoms with van der Waals surface area (Å²) in [6.07, 6.45) is 2.33. The van der Waals surface area contributed by atoms with Crippen LogP contribution in [-0.2, 0) is 10.0 Å². The minimum Gasteiger partial charge on any atom is -0.440 e. The van der Waals surface area contributed by atoms with Gasteiger partial charge < -0.3 is 9.32 Å². The summed E-state index contributed by atoms with van der Waals surface area (Å²) in [7, 11) is -3.22. The number of sulfonamides is 1. The predicted octanol–water partition coefficient (Wildman–Crippen LogP) is 1.87. The summed E-state index contributed by atoms with van der Waals surface area (Å²) >= 11 is 1.50. The standard InChI is InChI=1S/C15H19N3O4S2/c1-10-13(16-14(22-10)12-4-3-9-23-12)15(19)18-7-5-11(6-8-18)17-24(2,20)21/h3-4,9,11,17H,5-8H2,1-2H3. The van der Waals surface area contributed by atoms with Gasteiger partial charge in [0, 0.05) is 19.1 Å². The number of hydrogen-bond donors (Lipinski definition) is 1. The maximum absolute atomic E-state index is 12.7. The molecule has 1 fully saturated rings. The molecule has 1 aliphatic heterocycles.